The van der Waals surface area contributed by atoms with Crippen molar-refractivity contribution in [2.75, 3.05) is 26.7 Å². The van der Waals surface area contributed by atoms with Crippen molar-refractivity contribution in [2.24, 2.45) is 11.3 Å². The molecule has 1 amide bonds. The number of β-lactam (4-membered cyclic amide) rings is 1. The van der Waals surface area contributed by atoms with E-state index in [0.717, 1.165) is 31.8 Å². The Hall–Kier alpha value is -1.35. The van der Waals surface area contributed by atoms with Crippen LogP contribution >= 0.6 is 0 Å². The second kappa shape index (κ2) is 5.38. The second-order valence-corrected chi connectivity index (χ2v) is 7.48. The Bertz CT molecular complexity index is 544. The lowest BCUT2D eigenvalue weighted by molar-refractivity contribution is -0.177. The summed E-state index contributed by atoms with van der Waals surface area (Å²) in [6, 6.07) is 10.9. The summed E-state index contributed by atoms with van der Waals surface area (Å²) in [4.78, 5) is 17.2. The van der Waals surface area contributed by atoms with Gasteiger partial charge < -0.3 is 9.80 Å². The van der Waals surface area contributed by atoms with Crippen LogP contribution in [0.3, 0.4) is 0 Å². The minimum Gasteiger partial charge on any atom is -0.337 e. The highest BCUT2D eigenvalue weighted by Gasteiger charge is 2.59. The Balaban J connectivity index is 1.47. The predicted octanol–water partition coefficient (Wildman–Crippen LogP) is 3.08. The number of rotatable bonds is 3. The lowest BCUT2D eigenvalue weighted by Gasteiger charge is -2.58. The van der Waals surface area contributed by atoms with Gasteiger partial charge in [-0.1, -0.05) is 36.8 Å². The monoisotopic (exact) mass is 298 g/mol. The van der Waals surface area contributed by atoms with Gasteiger partial charge in [-0.15, -0.1) is 0 Å². The number of carbonyl (C=O) groups is 1. The molecule has 0 N–H and O–H groups in total. The molecule has 0 aromatic heterocycles. The Morgan fingerprint density at radius 1 is 1.14 bits per heavy atom. The van der Waals surface area contributed by atoms with Gasteiger partial charge in [0, 0.05) is 13.6 Å². The van der Waals surface area contributed by atoms with Crippen molar-refractivity contribution in [1.29, 1.82) is 0 Å². The van der Waals surface area contributed by atoms with Gasteiger partial charge in [0.1, 0.15) is 0 Å². The molecular formula is C19H26N2O. The summed E-state index contributed by atoms with van der Waals surface area (Å²) < 4.78 is 0. The molecule has 0 unspecified atom stereocenters. The van der Waals surface area contributed by atoms with Crippen LogP contribution in [0, 0.1) is 11.3 Å². The third kappa shape index (κ3) is 2.10. The third-order valence-electron chi connectivity index (χ3n) is 6.26. The van der Waals surface area contributed by atoms with E-state index in [1.165, 1.54) is 31.4 Å². The standard InChI is InChI=1S/C19H26N2O/c1-20-17(16-8-3-2-4-9-16)19(18(20)22)10-12-21(13-11-19)14-15-6-5-7-15/h2-4,8-9,15,17H,5-7,10-14H2,1H3/t17-/m1/s1. The summed E-state index contributed by atoms with van der Waals surface area (Å²) >= 11 is 0. The normalized spacial score (nSPS) is 28.5. The number of hydrogen-bond donors (Lipinski definition) is 0. The zero-order valence-electron chi connectivity index (χ0n) is 13.5. The molecule has 2 heterocycles. The number of amides is 1. The highest BCUT2D eigenvalue weighted by Crippen LogP contribution is 2.55. The first-order chi connectivity index (χ1) is 10.7. The van der Waals surface area contributed by atoms with Crippen molar-refractivity contribution < 1.29 is 4.79 Å². The van der Waals surface area contributed by atoms with Gasteiger partial charge in [0.05, 0.1) is 11.5 Å². The molecule has 1 aromatic carbocycles. The van der Waals surface area contributed by atoms with Crippen LogP contribution in [0.5, 0.6) is 0 Å². The van der Waals surface area contributed by atoms with E-state index < -0.39 is 0 Å². The average molecular weight is 298 g/mol. The zero-order chi connectivity index (χ0) is 15.2. The molecule has 22 heavy (non-hydrogen) atoms. The minimum absolute atomic E-state index is 0.119. The van der Waals surface area contributed by atoms with Crippen molar-refractivity contribution in [1.82, 2.24) is 9.80 Å². The van der Waals surface area contributed by atoms with Crippen molar-refractivity contribution >= 4 is 5.91 Å². The van der Waals surface area contributed by atoms with Gasteiger partial charge in [0.25, 0.3) is 0 Å². The number of carbonyl (C=O) groups excluding carboxylic acids is 1. The van der Waals surface area contributed by atoms with Gasteiger partial charge in [0.15, 0.2) is 0 Å². The van der Waals surface area contributed by atoms with E-state index in [1.807, 2.05) is 11.9 Å². The first-order valence-corrected chi connectivity index (χ1v) is 8.75. The molecule has 1 aliphatic carbocycles. The van der Waals surface area contributed by atoms with Gasteiger partial charge in [0.2, 0.25) is 5.91 Å². The first-order valence-electron chi connectivity index (χ1n) is 8.75. The van der Waals surface area contributed by atoms with E-state index in [2.05, 4.69) is 35.2 Å². The van der Waals surface area contributed by atoms with Gasteiger partial charge in [-0.05, 0) is 50.3 Å². The molecule has 3 heteroatoms. The molecule has 3 aliphatic rings. The molecule has 118 valence electrons. The number of nitrogens with zero attached hydrogens (tertiary/aromatic N) is 2. The van der Waals surface area contributed by atoms with Gasteiger partial charge >= 0.3 is 0 Å². The quantitative estimate of drug-likeness (QED) is 0.801. The van der Waals surface area contributed by atoms with Crippen LogP contribution in [0.1, 0.15) is 43.7 Å². The van der Waals surface area contributed by atoms with Crippen LogP contribution in [0.25, 0.3) is 0 Å². The maximum atomic E-state index is 12.6. The van der Waals surface area contributed by atoms with E-state index in [0.29, 0.717) is 5.91 Å². The number of likely N-dealkylation sites (tertiary alicyclic amines) is 2. The molecule has 3 nitrogen and oxygen atoms in total. The molecule has 2 saturated heterocycles. The molecule has 1 saturated carbocycles. The Morgan fingerprint density at radius 3 is 2.41 bits per heavy atom. The van der Waals surface area contributed by atoms with Crippen LogP contribution < -0.4 is 0 Å². The van der Waals surface area contributed by atoms with Crippen molar-refractivity contribution in [2.45, 2.75) is 38.1 Å². The van der Waals surface area contributed by atoms with Crippen LogP contribution in [-0.2, 0) is 4.79 Å². The molecule has 0 bridgehead atoms. The Labute approximate surface area is 133 Å². The summed E-state index contributed by atoms with van der Waals surface area (Å²) in [5.41, 5.74) is 1.18. The van der Waals surface area contributed by atoms with E-state index in [-0.39, 0.29) is 11.5 Å². The van der Waals surface area contributed by atoms with Crippen LogP contribution in [0.15, 0.2) is 30.3 Å². The molecule has 2 aliphatic heterocycles. The third-order valence-corrected chi connectivity index (χ3v) is 6.26. The lowest BCUT2D eigenvalue weighted by Crippen LogP contribution is -2.65. The lowest BCUT2D eigenvalue weighted by atomic mass is 9.62. The summed E-state index contributed by atoms with van der Waals surface area (Å²) in [6.45, 7) is 3.45. The molecule has 1 aromatic rings. The Morgan fingerprint density at radius 2 is 1.82 bits per heavy atom. The fraction of sp³-hybridized carbons (Fsp3) is 0.632. The maximum Gasteiger partial charge on any atom is 0.231 e. The van der Waals surface area contributed by atoms with Crippen LogP contribution in [-0.4, -0.2) is 42.4 Å². The molecule has 0 radical (unpaired) electrons. The molecular weight excluding hydrogens is 272 g/mol. The van der Waals surface area contributed by atoms with Crippen molar-refractivity contribution in [3.05, 3.63) is 35.9 Å². The van der Waals surface area contributed by atoms with Gasteiger partial charge in [-0.2, -0.15) is 0 Å². The SMILES string of the molecule is CN1C(=O)C2(CCN(CC3CCC3)CC2)[C@H]1c1ccccc1. The van der Waals surface area contributed by atoms with Crippen molar-refractivity contribution in [3.8, 4) is 0 Å². The molecule has 3 fully saturated rings. The summed E-state index contributed by atoms with van der Waals surface area (Å²) in [6.07, 6.45) is 6.30. The largest absolute Gasteiger partial charge is 0.337 e. The van der Waals surface area contributed by atoms with Crippen molar-refractivity contribution in [3.63, 3.8) is 0 Å². The van der Waals surface area contributed by atoms with Gasteiger partial charge in [-0.25, -0.2) is 0 Å². The maximum absolute atomic E-state index is 12.6. The summed E-state index contributed by atoms with van der Waals surface area (Å²) in [5.74, 6) is 1.29. The smallest absolute Gasteiger partial charge is 0.231 e. The topological polar surface area (TPSA) is 23.6 Å². The molecule has 1 atom stereocenters. The Kier molecular flexibility index (Phi) is 3.48. The number of benzene rings is 1. The first kappa shape index (κ1) is 14.3. The number of piperidine rings is 1. The average Bonchev–Trinajstić information content (AvgIpc) is 2.53. The van der Waals surface area contributed by atoms with E-state index >= 15 is 0 Å². The minimum atomic E-state index is -0.119. The van der Waals surface area contributed by atoms with E-state index in [9.17, 15) is 4.79 Å². The fourth-order valence-corrected chi connectivity index (χ4v) is 4.73. The van der Waals surface area contributed by atoms with Gasteiger partial charge in [-0.3, -0.25) is 4.79 Å². The fourth-order valence-electron chi connectivity index (χ4n) is 4.73. The van der Waals surface area contributed by atoms with Crippen LogP contribution in [0.4, 0.5) is 0 Å². The van der Waals surface area contributed by atoms with Crippen LogP contribution in [0.2, 0.25) is 0 Å². The van der Waals surface area contributed by atoms with E-state index in [1.54, 1.807) is 0 Å². The number of hydrogen-bond acceptors (Lipinski definition) is 2. The molecule has 1 spiro atoms. The summed E-state index contributed by atoms with van der Waals surface area (Å²) in [5, 5.41) is 0. The zero-order valence-corrected chi connectivity index (χ0v) is 13.5. The predicted molar refractivity (Wildman–Crippen MR) is 87.4 cm³/mol. The highest BCUT2D eigenvalue weighted by atomic mass is 16.2. The molecule has 4 rings (SSSR count). The van der Waals surface area contributed by atoms with E-state index in [4.69, 9.17) is 0 Å². The summed E-state index contributed by atoms with van der Waals surface area (Å²) in [7, 11) is 1.96. The highest BCUT2D eigenvalue weighted by molar-refractivity contribution is 5.90. The second-order valence-electron chi connectivity index (χ2n) is 7.48.